The molecule has 1 heterocycles. The van der Waals surface area contributed by atoms with E-state index in [2.05, 4.69) is 11.9 Å². The molecule has 1 rings (SSSR count). The first-order valence-corrected chi connectivity index (χ1v) is 6.34. The highest BCUT2D eigenvalue weighted by Gasteiger charge is 2.11. The van der Waals surface area contributed by atoms with Crippen molar-refractivity contribution in [3.63, 3.8) is 0 Å². The number of aryl methyl sites for hydroxylation is 2. The van der Waals surface area contributed by atoms with Crippen molar-refractivity contribution < 1.29 is 0 Å². The number of hydrogen-bond acceptors (Lipinski definition) is 2. The van der Waals surface area contributed by atoms with Crippen LogP contribution in [0.5, 0.6) is 0 Å². The Balaban J connectivity index is 3.33. The molecule has 0 bridgehead atoms. The molecule has 0 atom stereocenters. The standard InChI is InChI=1S/C12H19ClN2O/c1-4-8-15-11(5-2)14-9(3)10(6-7-13)12(15)16/h4-8H2,1-3H3. The number of aromatic nitrogens is 2. The maximum atomic E-state index is 12.2. The number of halogens is 1. The molecule has 0 amide bonds. The minimum Gasteiger partial charge on any atom is -0.296 e. The largest absolute Gasteiger partial charge is 0.296 e. The van der Waals surface area contributed by atoms with Gasteiger partial charge in [-0.05, 0) is 19.8 Å². The summed E-state index contributed by atoms with van der Waals surface area (Å²) in [6.07, 6.45) is 2.34. The van der Waals surface area contributed by atoms with Crippen LogP contribution in [-0.2, 0) is 19.4 Å². The second-order valence-electron chi connectivity index (χ2n) is 3.84. The Hall–Kier alpha value is -0.830. The summed E-state index contributed by atoms with van der Waals surface area (Å²) in [4.78, 5) is 16.7. The van der Waals surface area contributed by atoms with Crippen LogP contribution in [0.4, 0.5) is 0 Å². The highest BCUT2D eigenvalue weighted by Crippen LogP contribution is 2.05. The van der Waals surface area contributed by atoms with Gasteiger partial charge in [-0.3, -0.25) is 9.36 Å². The zero-order chi connectivity index (χ0) is 12.1. The molecule has 1 aromatic rings. The summed E-state index contributed by atoms with van der Waals surface area (Å²) in [5.41, 5.74) is 1.68. The molecule has 1 aromatic heterocycles. The van der Waals surface area contributed by atoms with Gasteiger partial charge in [-0.15, -0.1) is 11.6 Å². The van der Waals surface area contributed by atoms with E-state index in [4.69, 9.17) is 11.6 Å². The SMILES string of the molecule is CCCn1c(CC)nc(C)c(CCCl)c1=O. The van der Waals surface area contributed by atoms with E-state index in [-0.39, 0.29) is 5.56 Å². The molecule has 0 N–H and O–H groups in total. The van der Waals surface area contributed by atoms with Crippen LogP contribution < -0.4 is 5.56 Å². The molecular weight excluding hydrogens is 224 g/mol. The van der Waals surface area contributed by atoms with Crippen molar-refractivity contribution in [2.75, 3.05) is 5.88 Å². The van der Waals surface area contributed by atoms with Crippen LogP contribution in [0.15, 0.2) is 4.79 Å². The number of alkyl halides is 1. The average molecular weight is 243 g/mol. The number of nitrogens with zero attached hydrogens (tertiary/aromatic N) is 2. The molecule has 0 aliphatic rings. The molecule has 0 saturated carbocycles. The third-order valence-corrected chi connectivity index (χ3v) is 2.85. The smallest absolute Gasteiger partial charge is 0.256 e. The molecule has 4 heteroatoms. The predicted octanol–water partition coefficient (Wildman–Crippen LogP) is 2.31. The van der Waals surface area contributed by atoms with Gasteiger partial charge in [0, 0.05) is 30.1 Å². The number of rotatable bonds is 5. The van der Waals surface area contributed by atoms with Crippen molar-refractivity contribution in [1.29, 1.82) is 0 Å². The second kappa shape index (κ2) is 6.04. The molecule has 0 aliphatic carbocycles. The minimum atomic E-state index is 0.0897. The lowest BCUT2D eigenvalue weighted by molar-refractivity contribution is 0.591. The lowest BCUT2D eigenvalue weighted by Crippen LogP contribution is -2.29. The van der Waals surface area contributed by atoms with Gasteiger partial charge < -0.3 is 0 Å². The first-order chi connectivity index (χ1) is 7.65. The third kappa shape index (κ3) is 2.64. The summed E-state index contributed by atoms with van der Waals surface area (Å²) >= 11 is 5.71. The quantitative estimate of drug-likeness (QED) is 0.743. The van der Waals surface area contributed by atoms with Crippen molar-refractivity contribution in [1.82, 2.24) is 9.55 Å². The summed E-state index contributed by atoms with van der Waals surface area (Å²) in [7, 11) is 0. The van der Waals surface area contributed by atoms with Crippen molar-refractivity contribution in [3.8, 4) is 0 Å². The Kier molecular flexibility index (Phi) is 5.00. The Bertz CT molecular complexity index is 412. The van der Waals surface area contributed by atoms with Gasteiger partial charge in [-0.2, -0.15) is 0 Å². The average Bonchev–Trinajstić information content (AvgIpc) is 2.28. The number of hydrogen-bond donors (Lipinski definition) is 0. The van der Waals surface area contributed by atoms with Crippen LogP contribution in [0.3, 0.4) is 0 Å². The molecule has 0 saturated heterocycles. The van der Waals surface area contributed by atoms with Gasteiger partial charge in [0.25, 0.3) is 5.56 Å². The van der Waals surface area contributed by atoms with Crippen LogP contribution in [0.1, 0.15) is 37.4 Å². The summed E-state index contributed by atoms with van der Waals surface area (Å²) in [5.74, 6) is 1.35. The predicted molar refractivity (Wildman–Crippen MR) is 67.3 cm³/mol. The van der Waals surface area contributed by atoms with Crippen LogP contribution in [0, 0.1) is 6.92 Å². The van der Waals surface area contributed by atoms with E-state index in [0.29, 0.717) is 12.3 Å². The second-order valence-corrected chi connectivity index (χ2v) is 4.22. The van der Waals surface area contributed by atoms with Crippen molar-refractivity contribution in [2.24, 2.45) is 0 Å². The third-order valence-electron chi connectivity index (χ3n) is 2.66. The zero-order valence-corrected chi connectivity index (χ0v) is 11.0. The maximum absolute atomic E-state index is 12.2. The lowest BCUT2D eigenvalue weighted by Gasteiger charge is -2.13. The Morgan fingerprint density at radius 3 is 2.56 bits per heavy atom. The first-order valence-electron chi connectivity index (χ1n) is 5.80. The minimum absolute atomic E-state index is 0.0897. The monoisotopic (exact) mass is 242 g/mol. The van der Waals surface area contributed by atoms with Crippen LogP contribution in [0.2, 0.25) is 0 Å². The summed E-state index contributed by atoms with van der Waals surface area (Å²) in [6, 6.07) is 0. The summed E-state index contributed by atoms with van der Waals surface area (Å²) in [6.45, 7) is 6.71. The molecule has 0 unspecified atom stereocenters. The van der Waals surface area contributed by atoms with Gasteiger partial charge in [0.1, 0.15) is 5.82 Å². The molecule has 16 heavy (non-hydrogen) atoms. The summed E-state index contributed by atoms with van der Waals surface area (Å²) in [5, 5.41) is 0. The van der Waals surface area contributed by atoms with Gasteiger partial charge >= 0.3 is 0 Å². The van der Waals surface area contributed by atoms with Crippen molar-refractivity contribution in [3.05, 3.63) is 27.4 Å². The Labute approximate surface area is 101 Å². The van der Waals surface area contributed by atoms with Crippen LogP contribution >= 0.6 is 11.6 Å². The van der Waals surface area contributed by atoms with Gasteiger partial charge in [0.2, 0.25) is 0 Å². The van der Waals surface area contributed by atoms with Gasteiger partial charge in [-0.25, -0.2) is 4.98 Å². The fraction of sp³-hybridized carbons (Fsp3) is 0.667. The Morgan fingerprint density at radius 1 is 1.38 bits per heavy atom. The fourth-order valence-corrected chi connectivity index (χ4v) is 2.05. The van der Waals surface area contributed by atoms with E-state index in [1.165, 1.54) is 0 Å². The van der Waals surface area contributed by atoms with Gasteiger partial charge in [0.15, 0.2) is 0 Å². The first kappa shape index (κ1) is 13.2. The molecular formula is C12H19ClN2O. The summed E-state index contributed by atoms with van der Waals surface area (Å²) < 4.78 is 1.79. The van der Waals surface area contributed by atoms with E-state index in [0.717, 1.165) is 36.5 Å². The molecule has 90 valence electrons. The topological polar surface area (TPSA) is 34.9 Å². The zero-order valence-electron chi connectivity index (χ0n) is 10.2. The van der Waals surface area contributed by atoms with E-state index in [1.807, 2.05) is 13.8 Å². The highest BCUT2D eigenvalue weighted by atomic mass is 35.5. The highest BCUT2D eigenvalue weighted by molar-refractivity contribution is 6.17. The van der Waals surface area contributed by atoms with E-state index in [1.54, 1.807) is 4.57 Å². The van der Waals surface area contributed by atoms with Crippen LogP contribution in [0.25, 0.3) is 0 Å². The van der Waals surface area contributed by atoms with Gasteiger partial charge in [-0.1, -0.05) is 13.8 Å². The van der Waals surface area contributed by atoms with Crippen LogP contribution in [-0.4, -0.2) is 15.4 Å². The molecule has 0 radical (unpaired) electrons. The van der Waals surface area contributed by atoms with E-state index >= 15 is 0 Å². The van der Waals surface area contributed by atoms with E-state index < -0.39 is 0 Å². The maximum Gasteiger partial charge on any atom is 0.256 e. The lowest BCUT2D eigenvalue weighted by atomic mass is 10.2. The fourth-order valence-electron chi connectivity index (χ4n) is 1.86. The normalized spacial score (nSPS) is 10.8. The van der Waals surface area contributed by atoms with E-state index in [9.17, 15) is 4.79 Å². The molecule has 0 aromatic carbocycles. The Morgan fingerprint density at radius 2 is 2.06 bits per heavy atom. The molecule has 3 nitrogen and oxygen atoms in total. The molecule has 0 spiro atoms. The molecule has 0 fully saturated rings. The van der Waals surface area contributed by atoms with Gasteiger partial charge in [0.05, 0.1) is 0 Å². The van der Waals surface area contributed by atoms with Crippen molar-refractivity contribution >= 4 is 11.6 Å². The van der Waals surface area contributed by atoms with Crippen molar-refractivity contribution in [2.45, 2.75) is 46.6 Å². The molecule has 0 aliphatic heterocycles.